The summed E-state index contributed by atoms with van der Waals surface area (Å²) in [5.74, 6) is 0. The summed E-state index contributed by atoms with van der Waals surface area (Å²) < 4.78 is 36.1. The number of nitrogens with zero attached hydrogens (tertiary/aromatic N) is 7. The van der Waals surface area contributed by atoms with Crippen molar-refractivity contribution in [3.63, 3.8) is 0 Å². The van der Waals surface area contributed by atoms with Gasteiger partial charge in [0, 0.05) is 212 Å². The van der Waals surface area contributed by atoms with E-state index in [2.05, 4.69) is 253 Å². The number of aromatic nitrogens is 7. The summed E-state index contributed by atoms with van der Waals surface area (Å²) in [5, 5.41) is 41.4. The number of hydrogen-bond donors (Lipinski definition) is 4. The Bertz CT molecular complexity index is 4240. The summed E-state index contributed by atoms with van der Waals surface area (Å²) in [7, 11) is -3.66. The first-order chi connectivity index (χ1) is 50.8. The maximum Gasteiger partial charge on any atom is 0.493 e. The lowest BCUT2D eigenvalue weighted by atomic mass is 9.76. The van der Waals surface area contributed by atoms with Crippen molar-refractivity contribution in [2.75, 3.05) is 26.4 Å². The standard InChI is InChI=1S/C40H40B2N4O4.C32H34B2Br2N2O4.C7H7N.CH4.2Br2/c1-3-31-5-13-43(14-6-31)27-33-21-35(25-39(23-33)41(47)48)29-45-17-9-37(10-18-45)38-11-19-46(20-12-38)30-36-22-34(24-40(26-36)42(49)50)28-44-15-7-32(4-2)8-16-44;35-21-25-15-27(19-31(17-25)33-39-11-1-12-40-33)23-37-7-3-29(4-8-37)30-5-9-38(10-6-30)24-28-16-26(22-36)18-32(20-28)34-41-13-2-14-42-34;1-2-7-3-5-8-6-4-7;;2*1-2/h3-26,47-50H,1-2,27-30H2;3-10,15-20H,1-2,11-14,21-24H2;2-6H,1H2;1H4;;/q+4;+2;;;;. The Morgan fingerprint density at radius 3 is 0.819 bits per heavy atom. The van der Waals surface area contributed by atoms with Crippen LogP contribution in [0, 0.1) is 0 Å². The molecule has 536 valence electrons. The molecule has 0 unspecified atom stereocenters. The number of alkyl halides is 2. The molecule has 2 aliphatic rings. The van der Waals surface area contributed by atoms with Crippen LogP contribution in [0.3, 0.4) is 0 Å². The van der Waals surface area contributed by atoms with E-state index in [1.807, 2.05) is 119 Å². The highest BCUT2D eigenvalue weighted by atomic mass is 80.9. The lowest BCUT2D eigenvalue weighted by Crippen LogP contribution is -2.42. The Morgan fingerprint density at radius 2 is 0.581 bits per heavy atom. The van der Waals surface area contributed by atoms with Gasteiger partial charge in [-0.1, -0.05) is 126 Å². The normalized spacial score (nSPS) is 12.2. The van der Waals surface area contributed by atoms with E-state index < -0.39 is 14.2 Å². The van der Waals surface area contributed by atoms with Crippen molar-refractivity contribution in [1.82, 2.24) is 4.98 Å². The molecular formula is C80H85B4Br6N7O8+6. The smallest absolute Gasteiger partial charge is 0.423 e. The molecule has 11 aromatic rings. The summed E-state index contributed by atoms with van der Waals surface area (Å²) in [6, 6.07) is 53.5. The van der Waals surface area contributed by atoms with Crippen LogP contribution in [-0.4, -0.2) is 80.0 Å². The van der Waals surface area contributed by atoms with Gasteiger partial charge in [-0.2, -0.15) is 0 Å². The molecular weight excluding hydrogens is 1710 g/mol. The Morgan fingerprint density at radius 1 is 0.352 bits per heavy atom. The average Bonchev–Trinajstić information content (AvgIpc) is 0.839. The maximum absolute atomic E-state index is 9.96. The van der Waals surface area contributed by atoms with Gasteiger partial charge < -0.3 is 38.7 Å². The molecule has 2 aliphatic heterocycles. The van der Waals surface area contributed by atoms with Crippen LogP contribution in [-0.2, 0) is 68.5 Å². The quantitative estimate of drug-likeness (QED) is 0.0278. The molecule has 13 rings (SSSR count). The molecule has 0 saturated carbocycles. The molecule has 2 saturated heterocycles. The monoisotopic (exact) mass is 1790 g/mol. The molecule has 0 atom stereocenters. The van der Waals surface area contributed by atoms with Crippen molar-refractivity contribution in [3.05, 3.63) is 325 Å². The third kappa shape index (κ3) is 26.1. The molecule has 7 aromatic heterocycles. The van der Waals surface area contributed by atoms with Gasteiger partial charge >= 0.3 is 28.5 Å². The fourth-order valence-corrected chi connectivity index (χ4v) is 12.7. The van der Waals surface area contributed by atoms with Crippen LogP contribution in [0.4, 0.5) is 0 Å². The number of pyridine rings is 7. The maximum atomic E-state index is 9.96. The third-order valence-electron chi connectivity index (χ3n) is 17.1. The first kappa shape index (κ1) is 83.6. The number of halogens is 6. The second-order valence-electron chi connectivity index (χ2n) is 24.7. The summed E-state index contributed by atoms with van der Waals surface area (Å²) in [6.07, 6.45) is 35.4. The van der Waals surface area contributed by atoms with E-state index in [4.69, 9.17) is 18.6 Å². The molecule has 0 aliphatic carbocycles. The predicted molar refractivity (Wildman–Crippen MR) is 444 cm³/mol. The minimum Gasteiger partial charge on any atom is -0.423 e. The minimum atomic E-state index is -1.55. The van der Waals surface area contributed by atoms with E-state index >= 15 is 0 Å². The summed E-state index contributed by atoms with van der Waals surface area (Å²) in [4.78, 5) is 3.85. The lowest BCUT2D eigenvalue weighted by molar-refractivity contribution is -0.689. The van der Waals surface area contributed by atoms with Crippen molar-refractivity contribution < 1.29 is 66.1 Å². The van der Waals surface area contributed by atoms with Crippen LogP contribution >= 0.6 is 88.4 Å². The topological polar surface area (TPSA) is 154 Å². The van der Waals surface area contributed by atoms with Crippen LogP contribution in [0.2, 0.25) is 0 Å². The van der Waals surface area contributed by atoms with Gasteiger partial charge in [0.05, 0.1) is 0 Å². The Labute approximate surface area is 666 Å². The highest BCUT2D eigenvalue weighted by Gasteiger charge is 2.28. The molecule has 0 spiro atoms. The second kappa shape index (κ2) is 44.3. The van der Waals surface area contributed by atoms with E-state index in [1.54, 1.807) is 30.6 Å². The number of hydrogen-bond acceptors (Lipinski definition) is 9. The third-order valence-corrected chi connectivity index (χ3v) is 18.4. The predicted octanol–water partition coefficient (Wildman–Crippen LogP) is 11.2. The highest BCUT2D eigenvalue weighted by Crippen LogP contribution is 2.20. The molecule has 25 heteroatoms. The van der Waals surface area contributed by atoms with Gasteiger partial charge in [-0.25, -0.2) is 27.4 Å². The van der Waals surface area contributed by atoms with Crippen molar-refractivity contribution in [2.45, 2.75) is 70.2 Å². The lowest BCUT2D eigenvalue weighted by Gasteiger charge is -2.20. The summed E-state index contributed by atoms with van der Waals surface area (Å²) >= 11 is 18.2. The van der Waals surface area contributed by atoms with E-state index in [0.29, 0.717) is 37.1 Å². The second-order valence-corrected chi connectivity index (χ2v) is 25.9. The van der Waals surface area contributed by atoms with Crippen LogP contribution in [0.15, 0.2) is 264 Å². The van der Waals surface area contributed by atoms with Crippen molar-refractivity contribution >= 4 is 157 Å². The van der Waals surface area contributed by atoms with Crippen molar-refractivity contribution in [2.24, 2.45) is 0 Å². The zero-order chi connectivity index (χ0) is 73.6. The molecule has 0 radical (unpaired) electrons. The largest absolute Gasteiger partial charge is 0.493 e. The van der Waals surface area contributed by atoms with E-state index in [-0.39, 0.29) is 21.7 Å². The Balaban J connectivity index is 0.000000230. The van der Waals surface area contributed by atoms with Crippen LogP contribution < -0.4 is 49.3 Å². The van der Waals surface area contributed by atoms with Gasteiger partial charge in [0.15, 0.2) is 114 Å². The van der Waals surface area contributed by atoms with Crippen molar-refractivity contribution in [3.8, 4) is 22.3 Å². The zero-order valence-corrected chi connectivity index (χ0v) is 67.0. The molecule has 15 nitrogen and oxygen atoms in total. The Kier molecular flexibility index (Phi) is 35.3. The molecule has 2 fully saturated rings. The van der Waals surface area contributed by atoms with E-state index in [0.717, 1.165) is 124 Å². The summed E-state index contributed by atoms with van der Waals surface area (Å²) in [6.45, 7) is 18.1. The van der Waals surface area contributed by atoms with Crippen LogP contribution in [0.1, 0.15) is 81.5 Å². The SMILES string of the molecule is BrBr.BrBr.BrCc1cc(C[n+]2ccc(-c3cc[n+](Cc4cc(CBr)cc(B5OCCCO5)c4)cc3)cc2)cc(B2OCCCO2)c1.C.C=Cc1cc[n+](Cc2cc(C[n+]3ccc(-c4cc[n+](Cc5cc(C[n+]6ccc(C=C)cc6)cc(B(O)O)c5)cc4)cc3)cc(B(O)O)c2)cc1.C=Cc1ccncc1. The van der Waals surface area contributed by atoms with E-state index in [1.165, 1.54) is 33.4 Å². The Hall–Kier alpha value is -7.03. The van der Waals surface area contributed by atoms with Gasteiger partial charge in [0.2, 0.25) is 0 Å². The fourth-order valence-electron chi connectivity index (χ4n) is 12.0. The van der Waals surface area contributed by atoms with Crippen LogP contribution in [0.5, 0.6) is 0 Å². The van der Waals surface area contributed by atoms with Crippen LogP contribution in [0.25, 0.3) is 40.5 Å². The van der Waals surface area contributed by atoms with Gasteiger partial charge in [-0.3, -0.25) is 4.98 Å². The van der Waals surface area contributed by atoms with Gasteiger partial charge in [-0.05, 0) is 121 Å². The van der Waals surface area contributed by atoms with Gasteiger partial charge in [0.25, 0.3) is 0 Å². The fraction of sp³-hybridized carbons (Fsp3) is 0.188. The minimum absolute atomic E-state index is 0. The summed E-state index contributed by atoms with van der Waals surface area (Å²) in [5.41, 5.74) is 19.6. The van der Waals surface area contributed by atoms with Gasteiger partial charge in [0.1, 0.15) is 0 Å². The first-order valence-electron chi connectivity index (χ1n) is 33.7. The molecule has 105 heavy (non-hydrogen) atoms. The average molecular weight is 1800 g/mol. The zero-order valence-electron chi connectivity index (χ0n) is 57.5. The first-order valence-corrected chi connectivity index (χ1v) is 43.3. The highest BCUT2D eigenvalue weighted by molar-refractivity contribution is 9.93. The molecule has 4 N–H and O–H groups in total. The van der Waals surface area contributed by atoms with Crippen molar-refractivity contribution in [1.29, 1.82) is 0 Å². The number of benzene rings is 4. The van der Waals surface area contributed by atoms with Gasteiger partial charge in [-0.15, -0.1) is 0 Å². The molecule has 4 aromatic carbocycles. The molecule has 0 amide bonds. The molecule has 0 bridgehead atoms. The molecule has 9 heterocycles. The van der Waals surface area contributed by atoms with E-state index in [9.17, 15) is 20.1 Å². The number of rotatable bonds is 23.